The molecule has 0 aromatic heterocycles. The molecular formula is C15H22BrNO2S. The van der Waals surface area contributed by atoms with Gasteiger partial charge in [-0.15, -0.1) is 0 Å². The zero-order valence-electron chi connectivity index (χ0n) is 11.8. The third kappa shape index (κ3) is 4.30. The number of piperidine rings is 1. The first-order valence-corrected chi connectivity index (χ1v) is 9.67. The second-order valence-electron chi connectivity index (χ2n) is 5.47. The highest BCUT2D eigenvalue weighted by atomic mass is 79.9. The van der Waals surface area contributed by atoms with Crippen molar-refractivity contribution in [2.24, 2.45) is 5.92 Å². The van der Waals surface area contributed by atoms with Crippen molar-refractivity contribution in [2.75, 3.05) is 18.8 Å². The molecule has 0 N–H and O–H groups in total. The van der Waals surface area contributed by atoms with Crippen LogP contribution in [-0.4, -0.2) is 36.4 Å². The van der Waals surface area contributed by atoms with E-state index < -0.39 is 10.0 Å². The van der Waals surface area contributed by atoms with Crippen molar-refractivity contribution in [3.63, 3.8) is 0 Å². The van der Waals surface area contributed by atoms with Crippen molar-refractivity contribution >= 4 is 26.0 Å². The summed E-state index contributed by atoms with van der Waals surface area (Å²) in [6, 6.07) is 9.81. The first-order valence-electron chi connectivity index (χ1n) is 7.15. The van der Waals surface area contributed by atoms with Crippen LogP contribution in [0.15, 0.2) is 30.3 Å². The summed E-state index contributed by atoms with van der Waals surface area (Å²) in [5.74, 6) is 0.807. The summed E-state index contributed by atoms with van der Waals surface area (Å²) in [5, 5.41) is 0. The van der Waals surface area contributed by atoms with Gasteiger partial charge in [0.05, 0.1) is 5.75 Å². The lowest BCUT2D eigenvalue weighted by molar-refractivity contribution is 0.275. The maximum atomic E-state index is 12.3. The molecule has 0 spiro atoms. The predicted molar refractivity (Wildman–Crippen MR) is 86.6 cm³/mol. The van der Waals surface area contributed by atoms with Crippen LogP contribution in [-0.2, 0) is 16.4 Å². The van der Waals surface area contributed by atoms with E-state index >= 15 is 0 Å². The van der Waals surface area contributed by atoms with Gasteiger partial charge in [0, 0.05) is 17.9 Å². The van der Waals surface area contributed by atoms with E-state index in [-0.39, 0.29) is 5.75 Å². The topological polar surface area (TPSA) is 37.4 Å². The van der Waals surface area contributed by atoms with Crippen molar-refractivity contribution in [3.05, 3.63) is 35.9 Å². The van der Waals surface area contributed by atoms with Gasteiger partial charge in [-0.2, -0.15) is 0 Å². The Morgan fingerprint density at radius 1 is 1.25 bits per heavy atom. The van der Waals surface area contributed by atoms with Gasteiger partial charge in [0.2, 0.25) is 10.0 Å². The molecule has 20 heavy (non-hydrogen) atoms. The molecule has 1 atom stereocenters. The Kier molecular flexibility index (Phi) is 5.64. The average molecular weight is 360 g/mol. The molecule has 2 rings (SSSR count). The summed E-state index contributed by atoms with van der Waals surface area (Å²) in [5.41, 5.74) is 1.08. The molecule has 3 nitrogen and oxygen atoms in total. The van der Waals surface area contributed by atoms with E-state index in [1.807, 2.05) is 30.3 Å². The largest absolute Gasteiger partial charge is 0.214 e. The summed E-state index contributed by atoms with van der Waals surface area (Å²) >= 11 is 3.60. The van der Waals surface area contributed by atoms with Crippen LogP contribution in [0.3, 0.4) is 0 Å². The molecule has 0 saturated carbocycles. The first kappa shape index (κ1) is 16.0. The Bertz CT molecular complexity index is 508. The highest BCUT2D eigenvalue weighted by molar-refractivity contribution is 9.09. The van der Waals surface area contributed by atoms with E-state index in [9.17, 15) is 8.42 Å². The Morgan fingerprint density at radius 2 is 1.85 bits per heavy atom. The number of hydrogen-bond donors (Lipinski definition) is 0. The normalized spacial score (nSPS) is 19.9. The van der Waals surface area contributed by atoms with Crippen molar-refractivity contribution in [3.8, 4) is 0 Å². The fraction of sp³-hybridized carbons (Fsp3) is 0.600. The number of nitrogens with zero attached hydrogens (tertiary/aromatic N) is 1. The molecule has 0 aliphatic carbocycles. The van der Waals surface area contributed by atoms with Crippen LogP contribution in [0.1, 0.15) is 25.3 Å². The summed E-state index contributed by atoms with van der Waals surface area (Å²) in [6.45, 7) is 3.47. The van der Waals surface area contributed by atoms with Gasteiger partial charge in [-0.25, -0.2) is 12.7 Å². The minimum atomic E-state index is -3.11. The smallest absolute Gasteiger partial charge is 0.212 e. The number of hydrogen-bond acceptors (Lipinski definition) is 2. The molecule has 5 heteroatoms. The Hall–Kier alpha value is -0.390. The number of halogens is 1. The Balaban J connectivity index is 1.88. The zero-order valence-corrected chi connectivity index (χ0v) is 14.2. The third-order valence-electron chi connectivity index (χ3n) is 4.03. The van der Waals surface area contributed by atoms with Crippen molar-refractivity contribution in [2.45, 2.75) is 31.0 Å². The molecule has 112 valence electrons. The maximum Gasteiger partial charge on any atom is 0.214 e. The lowest BCUT2D eigenvalue weighted by atomic mass is 9.96. The SMILES string of the molecule is CC(Br)C1CCN(S(=O)(=O)CCc2ccccc2)CC1. The zero-order chi connectivity index (χ0) is 14.6. The third-order valence-corrected chi connectivity index (χ3v) is 6.65. The van der Waals surface area contributed by atoms with Crippen LogP contribution >= 0.6 is 15.9 Å². The Morgan fingerprint density at radius 3 is 2.40 bits per heavy atom. The maximum absolute atomic E-state index is 12.3. The van der Waals surface area contributed by atoms with E-state index in [2.05, 4.69) is 22.9 Å². The number of alkyl halides is 1. The molecule has 1 aromatic carbocycles. The van der Waals surface area contributed by atoms with Crippen LogP contribution in [0.5, 0.6) is 0 Å². The van der Waals surface area contributed by atoms with Crippen LogP contribution in [0, 0.1) is 5.92 Å². The minimum Gasteiger partial charge on any atom is -0.212 e. The quantitative estimate of drug-likeness (QED) is 0.757. The summed E-state index contributed by atoms with van der Waals surface area (Å²) in [4.78, 5) is 0.469. The van der Waals surface area contributed by atoms with E-state index in [0.717, 1.165) is 18.4 Å². The van der Waals surface area contributed by atoms with Crippen molar-refractivity contribution < 1.29 is 8.42 Å². The van der Waals surface area contributed by atoms with Gasteiger partial charge in [-0.1, -0.05) is 53.2 Å². The number of rotatable bonds is 5. The van der Waals surface area contributed by atoms with Crippen molar-refractivity contribution in [1.82, 2.24) is 4.31 Å². The van der Waals surface area contributed by atoms with Crippen molar-refractivity contribution in [1.29, 1.82) is 0 Å². The first-order chi connectivity index (χ1) is 9.49. The van der Waals surface area contributed by atoms with Gasteiger partial charge in [0.1, 0.15) is 0 Å². The molecule has 1 aliphatic heterocycles. The lowest BCUT2D eigenvalue weighted by Crippen LogP contribution is -2.41. The molecule has 0 radical (unpaired) electrons. The number of aryl methyl sites for hydroxylation is 1. The molecule has 0 bridgehead atoms. The Labute approximate surface area is 130 Å². The second kappa shape index (κ2) is 7.05. The number of benzene rings is 1. The van der Waals surface area contributed by atoms with Gasteiger partial charge in [-0.3, -0.25) is 0 Å². The fourth-order valence-corrected chi connectivity index (χ4v) is 4.68. The fourth-order valence-electron chi connectivity index (χ4n) is 2.63. The van der Waals surface area contributed by atoms with E-state index in [0.29, 0.717) is 30.3 Å². The van der Waals surface area contributed by atoms with Gasteiger partial charge >= 0.3 is 0 Å². The van der Waals surface area contributed by atoms with E-state index in [1.165, 1.54) is 0 Å². The predicted octanol–water partition coefficient (Wildman–Crippen LogP) is 3.05. The highest BCUT2D eigenvalue weighted by Crippen LogP contribution is 2.26. The molecule has 1 fully saturated rings. The van der Waals surface area contributed by atoms with Crippen LogP contribution < -0.4 is 0 Å². The summed E-state index contributed by atoms with van der Waals surface area (Å²) in [7, 11) is -3.11. The molecule has 1 heterocycles. The minimum absolute atomic E-state index is 0.214. The second-order valence-corrected chi connectivity index (χ2v) is 9.00. The molecule has 0 amide bonds. The van der Waals surface area contributed by atoms with Crippen LogP contribution in [0.4, 0.5) is 0 Å². The van der Waals surface area contributed by atoms with Gasteiger partial charge in [0.25, 0.3) is 0 Å². The molecule has 1 unspecified atom stereocenters. The lowest BCUT2D eigenvalue weighted by Gasteiger charge is -2.32. The standard InChI is InChI=1S/C15H22BrNO2S/c1-13(16)15-7-10-17(11-8-15)20(18,19)12-9-14-5-3-2-4-6-14/h2-6,13,15H,7-12H2,1H3. The van der Waals surface area contributed by atoms with Crippen LogP contribution in [0.2, 0.25) is 0 Å². The molecule has 1 aliphatic rings. The summed E-state index contributed by atoms with van der Waals surface area (Å²) < 4.78 is 26.4. The van der Waals surface area contributed by atoms with Gasteiger partial charge < -0.3 is 0 Å². The van der Waals surface area contributed by atoms with Gasteiger partial charge in [0.15, 0.2) is 0 Å². The molecule has 1 aromatic rings. The number of sulfonamides is 1. The molecular weight excluding hydrogens is 338 g/mol. The average Bonchev–Trinajstić information content (AvgIpc) is 2.46. The van der Waals surface area contributed by atoms with Gasteiger partial charge in [-0.05, 0) is 30.7 Å². The molecule has 1 saturated heterocycles. The summed E-state index contributed by atoms with van der Waals surface area (Å²) in [6.07, 6.45) is 2.51. The van der Waals surface area contributed by atoms with E-state index in [1.54, 1.807) is 4.31 Å². The monoisotopic (exact) mass is 359 g/mol. The van der Waals surface area contributed by atoms with E-state index in [4.69, 9.17) is 0 Å². The highest BCUT2D eigenvalue weighted by Gasteiger charge is 2.29. The van der Waals surface area contributed by atoms with Crippen LogP contribution in [0.25, 0.3) is 0 Å².